The molecule has 2 N–H and O–H groups in total. The van der Waals surface area contributed by atoms with Gasteiger partial charge in [-0.05, 0) is 51.9 Å². The van der Waals surface area contributed by atoms with Gasteiger partial charge in [0.1, 0.15) is 5.71 Å². The zero-order valence-electron chi connectivity index (χ0n) is 13.8. The Bertz CT molecular complexity index is 652. The van der Waals surface area contributed by atoms with E-state index in [4.69, 9.17) is 4.74 Å². The second-order valence-electron chi connectivity index (χ2n) is 5.23. The van der Waals surface area contributed by atoms with E-state index >= 15 is 0 Å². The number of carbonyl (C=O) groups excluding carboxylic acids is 1. The average Bonchev–Trinajstić information content (AvgIpc) is 2.51. The third-order valence-corrected chi connectivity index (χ3v) is 4.28. The van der Waals surface area contributed by atoms with Crippen LogP contribution in [-0.4, -0.2) is 39.0 Å². The fourth-order valence-corrected chi connectivity index (χ4v) is 2.30. The number of ether oxygens (including phenoxy) is 1. The molecule has 0 saturated carbocycles. The van der Waals surface area contributed by atoms with Crippen LogP contribution in [0.1, 0.15) is 26.3 Å². The van der Waals surface area contributed by atoms with Crippen LogP contribution in [0.25, 0.3) is 0 Å². The van der Waals surface area contributed by atoms with Gasteiger partial charge in [-0.15, -0.1) is 0 Å². The molecule has 0 radical (unpaired) electrons. The van der Waals surface area contributed by atoms with Gasteiger partial charge < -0.3 is 4.74 Å². The number of hydrazone groups is 1. The van der Waals surface area contributed by atoms with Crippen molar-refractivity contribution in [3.63, 3.8) is 0 Å². The van der Waals surface area contributed by atoms with Crippen molar-refractivity contribution < 1.29 is 17.9 Å². The normalized spacial score (nSPS) is 12.3. The highest BCUT2D eigenvalue weighted by molar-refractivity contribution is 7.89. The Kier molecular flexibility index (Phi) is 7.18. The minimum Gasteiger partial charge on any atom is -0.458 e. The molecular weight excluding hydrogens is 318 g/mol. The molecule has 0 spiro atoms. The number of nitrogens with one attached hydrogen (secondary N) is 2. The van der Waals surface area contributed by atoms with Crippen LogP contribution in [-0.2, 0) is 26.0 Å². The minimum absolute atomic E-state index is 0.0363. The van der Waals surface area contributed by atoms with Crippen molar-refractivity contribution in [1.29, 1.82) is 0 Å². The lowest BCUT2D eigenvalue weighted by atomic mass is 10.1. The molecule has 0 aliphatic carbocycles. The predicted molar refractivity (Wildman–Crippen MR) is 91.0 cm³/mol. The molecule has 0 unspecified atom stereocenters. The molecule has 0 fully saturated rings. The molecule has 0 aliphatic rings. The highest BCUT2D eigenvalue weighted by atomic mass is 32.2. The van der Waals surface area contributed by atoms with Gasteiger partial charge in [-0.2, -0.15) is 5.10 Å². The van der Waals surface area contributed by atoms with Gasteiger partial charge in [0.15, 0.2) is 0 Å². The van der Waals surface area contributed by atoms with E-state index in [1.165, 1.54) is 7.05 Å². The zero-order chi connectivity index (χ0) is 17.5. The number of hydrogen-bond acceptors (Lipinski definition) is 6. The van der Waals surface area contributed by atoms with E-state index in [0.29, 0.717) is 12.1 Å². The maximum atomic E-state index is 11.6. The van der Waals surface area contributed by atoms with Crippen LogP contribution in [0.15, 0.2) is 29.4 Å². The van der Waals surface area contributed by atoms with Crippen LogP contribution in [0.4, 0.5) is 5.69 Å². The van der Waals surface area contributed by atoms with Crippen molar-refractivity contribution >= 4 is 27.4 Å². The average molecular weight is 341 g/mol. The third-order valence-electron chi connectivity index (χ3n) is 2.92. The van der Waals surface area contributed by atoms with Crippen LogP contribution in [0.3, 0.4) is 0 Å². The Morgan fingerprint density at radius 2 is 1.87 bits per heavy atom. The van der Waals surface area contributed by atoms with Gasteiger partial charge in [0.2, 0.25) is 10.0 Å². The summed E-state index contributed by atoms with van der Waals surface area (Å²) in [5, 5.41) is 3.96. The number of aryl methyl sites for hydroxylation is 1. The number of sulfonamides is 1. The second kappa shape index (κ2) is 8.64. The predicted octanol–water partition coefficient (Wildman–Crippen LogP) is 1.52. The van der Waals surface area contributed by atoms with E-state index in [1.807, 2.05) is 12.1 Å². The van der Waals surface area contributed by atoms with Crippen LogP contribution < -0.4 is 10.1 Å². The molecule has 0 aromatic heterocycles. The molecule has 1 rings (SSSR count). The lowest BCUT2D eigenvalue weighted by Crippen LogP contribution is -2.23. The topological polar surface area (TPSA) is 96.9 Å². The molecule has 0 bridgehead atoms. The number of hydrogen-bond donors (Lipinski definition) is 2. The quantitative estimate of drug-likeness (QED) is 0.424. The number of rotatable bonds is 8. The Balaban J connectivity index is 2.59. The molecule has 1 aromatic rings. The standard InChI is InChI=1S/C15H23N3O4S/c1-11(2)22-15(19)12(3)17-18-14-7-5-13(6-8-14)9-10-23(20,21)16-4/h5-8,11,16,18H,9-10H2,1-4H3. The first-order valence-electron chi connectivity index (χ1n) is 7.25. The number of esters is 1. The molecule has 128 valence electrons. The largest absolute Gasteiger partial charge is 0.458 e. The fourth-order valence-electron chi connectivity index (χ4n) is 1.59. The molecular formula is C15H23N3O4S. The third kappa shape index (κ3) is 7.25. The van der Waals surface area contributed by atoms with Crippen LogP contribution >= 0.6 is 0 Å². The summed E-state index contributed by atoms with van der Waals surface area (Å²) in [5.41, 5.74) is 4.58. The molecule has 0 heterocycles. The molecule has 8 heteroatoms. The summed E-state index contributed by atoms with van der Waals surface area (Å²) in [6, 6.07) is 7.16. The van der Waals surface area contributed by atoms with Gasteiger partial charge in [-0.3, -0.25) is 5.43 Å². The van der Waals surface area contributed by atoms with E-state index in [9.17, 15) is 13.2 Å². The molecule has 0 amide bonds. The van der Waals surface area contributed by atoms with Gasteiger partial charge in [-0.25, -0.2) is 17.9 Å². The van der Waals surface area contributed by atoms with E-state index in [1.54, 1.807) is 32.9 Å². The number of anilines is 1. The molecule has 0 atom stereocenters. The summed E-state index contributed by atoms with van der Waals surface area (Å²) >= 11 is 0. The van der Waals surface area contributed by atoms with Crippen LogP contribution in [0.5, 0.6) is 0 Å². The first-order chi connectivity index (χ1) is 10.7. The van der Waals surface area contributed by atoms with Crippen molar-refractivity contribution in [2.45, 2.75) is 33.3 Å². The Hall–Kier alpha value is -1.93. The fraction of sp³-hybridized carbons (Fsp3) is 0.467. The molecule has 1 aromatic carbocycles. The van der Waals surface area contributed by atoms with E-state index < -0.39 is 16.0 Å². The Morgan fingerprint density at radius 3 is 2.39 bits per heavy atom. The number of nitrogens with zero attached hydrogens (tertiary/aromatic N) is 1. The SMILES string of the molecule is CNS(=O)(=O)CCc1ccc(NN=C(C)C(=O)OC(C)C)cc1. The van der Waals surface area contributed by atoms with Crippen molar-refractivity contribution in [3.8, 4) is 0 Å². The minimum atomic E-state index is -3.21. The van der Waals surface area contributed by atoms with E-state index in [0.717, 1.165) is 5.56 Å². The van der Waals surface area contributed by atoms with E-state index in [2.05, 4.69) is 15.2 Å². The highest BCUT2D eigenvalue weighted by Gasteiger charge is 2.09. The van der Waals surface area contributed by atoms with Gasteiger partial charge >= 0.3 is 5.97 Å². The van der Waals surface area contributed by atoms with Crippen molar-refractivity contribution in [2.75, 3.05) is 18.2 Å². The second-order valence-corrected chi connectivity index (χ2v) is 7.28. The maximum absolute atomic E-state index is 11.6. The monoisotopic (exact) mass is 341 g/mol. The summed E-state index contributed by atoms with van der Waals surface area (Å²) < 4.78 is 30.0. The van der Waals surface area contributed by atoms with Gasteiger partial charge in [0.25, 0.3) is 0 Å². The molecule has 0 aliphatic heterocycles. The van der Waals surface area contributed by atoms with Crippen LogP contribution in [0.2, 0.25) is 0 Å². The maximum Gasteiger partial charge on any atom is 0.354 e. The first-order valence-corrected chi connectivity index (χ1v) is 8.90. The molecule has 23 heavy (non-hydrogen) atoms. The van der Waals surface area contributed by atoms with Crippen molar-refractivity contribution in [3.05, 3.63) is 29.8 Å². The van der Waals surface area contributed by atoms with Gasteiger partial charge in [0.05, 0.1) is 17.5 Å². The zero-order valence-corrected chi connectivity index (χ0v) is 14.6. The molecule has 7 nitrogen and oxygen atoms in total. The summed E-state index contributed by atoms with van der Waals surface area (Å²) in [4.78, 5) is 11.6. The van der Waals surface area contributed by atoms with E-state index in [-0.39, 0.29) is 17.6 Å². The summed E-state index contributed by atoms with van der Waals surface area (Å²) in [7, 11) is -1.81. The first kappa shape index (κ1) is 19.1. The van der Waals surface area contributed by atoms with Gasteiger partial charge in [0, 0.05) is 0 Å². The van der Waals surface area contributed by atoms with Crippen LogP contribution in [0, 0.1) is 0 Å². The number of benzene rings is 1. The lowest BCUT2D eigenvalue weighted by Gasteiger charge is -2.08. The Labute approximate surface area is 137 Å². The van der Waals surface area contributed by atoms with Gasteiger partial charge in [-0.1, -0.05) is 12.1 Å². The lowest BCUT2D eigenvalue weighted by molar-refractivity contribution is -0.139. The Morgan fingerprint density at radius 1 is 1.26 bits per heavy atom. The van der Waals surface area contributed by atoms with Crippen molar-refractivity contribution in [2.24, 2.45) is 5.10 Å². The molecule has 0 saturated heterocycles. The number of carbonyl (C=O) groups is 1. The highest BCUT2D eigenvalue weighted by Crippen LogP contribution is 2.10. The van der Waals surface area contributed by atoms with Crippen molar-refractivity contribution in [1.82, 2.24) is 4.72 Å². The summed E-state index contributed by atoms with van der Waals surface area (Å²) in [5.74, 6) is -0.435. The summed E-state index contributed by atoms with van der Waals surface area (Å²) in [6.07, 6.45) is 0.229. The smallest absolute Gasteiger partial charge is 0.354 e. The summed E-state index contributed by atoms with van der Waals surface area (Å²) in [6.45, 7) is 5.10.